The Morgan fingerprint density at radius 2 is 1.88 bits per heavy atom. The molecule has 2 bridgehead atoms. The number of aromatic nitrogens is 4. The van der Waals surface area contributed by atoms with E-state index in [2.05, 4.69) is 25.8 Å². The topological polar surface area (TPSA) is 164 Å². The van der Waals surface area contributed by atoms with Gasteiger partial charge < -0.3 is 30.4 Å². The molecule has 4 aromatic rings. The first kappa shape index (κ1) is 38.3. The van der Waals surface area contributed by atoms with E-state index in [1.54, 1.807) is 37.6 Å². The predicted octanol–water partition coefficient (Wildman–Crippen LogP) is 6.26. The zero-order chi connectivity index (χ0) is 39.2. The molecule has 1 aromatic carbocycles. The second-order valence-corrected chi connectivity index (χ2v) is 16.6. The minimum absolute atomic E-state index is 0.0830. The first-order valence-electron chi connectivity index (χ1n) is 19.3. The molecule has 56 heavy (non-hydrogen) atoms. The monoisotopic (exact) mass is 800 g/mol. The van der Waals surface area contributed by atoms with E-state index in [1.165, 1.54) is 0 Å². The summed E-state index contributed by atoms with van der Waals surface area (Å²) in [5.41, 5.74) is 5.04. The molecule has 5 heterocycles. The van der Waals surface area contributed by atoms with Crippen LogP contribution in [0.5, 0.6) is 5.88 Å². The van der Waals surface area contributed by atoms with E-state index in [4.69, 9.17) is 37.9 Å². The van der Waals surface area contributed by atoms with Crippen LogP contribution in [0.3, 0.4) is 0 Å². The summed E-state index contributed by atoms with van der Waals surface area (Å²) in [7, 11) is 3.44. The van der Waals surface area contributed by atoms with E-state index in [0.717, 1.165) is 81.4 Å². The Labute approximate surface area is 335 Å². The number of rotatable bonds is 13. The molecule has 2 amide bonds. The average molecular weight is 802 g/mol. The van der Waals surface area contributed by atoms with Crippen molar-refractivity contribution in [1.29, 1.82) is 0 Å². The Bertz CT molecular complexity index is 2200. The van der Waals surface area contributed by atoms with Crippen molar-refractivity contribution >= 4 is 46.7 Å². The van der Waals surface area contributed by atoms with Crippen LogP contribution in [0.4, 0.5) is 5.69 Å². The molecule has 4 aliphatic rings. The molecule has 4 N–H and O–H groups in total. The maximum absolute atomic E-state index is 13.7. The number of methoxy groups -OCH3 is 1. The molecule has 1 unspecified atom stereocenters. The summed E-state index contributed by atoms with van der Waals surface area (Å²) in [4.78, 5) is 53.7. The fraction of sp³-hybridized carbons (Fsp3) is 0.463. The van der Waals surface area contributed by atoms with Gasteiger partial charge in [-0.3, -0.25) is 24.3 Å². The third-order valence-electron chi connectivity index (χ3n) is 12.5. The van der Waals surface area contributed by atoms with Crippen LogP contribution < -0.4 is 20.7 Å². The smallest absolute Gasteiger partial charge is 0.309 e. The SMILES string of the molecule is COc1nc(-c2ccnc(-c3cccc(NC(=O)c4nc5c(n4C)CN(CCC46CCC(C(=O)O)(CC4)C6)CC5)c3Cl)c2Cl)ccc1CNCC1CCC(=O)N1. The predicted molar refractivity (Wildman–Crippen MR) is 213 cm³/mol. The molecule has 2 saturated carbocycles. The van der Waals surface area contributed by atoms with E-state index in [9.17, 15) is 19.5 Å². The number of pyridine rings is 2. The van der Waals surface area contributed by atoms with Gasteiger partial charge in [0.2, 0.25) is 11.8 Å². The molecule has 0 spiro atoms. The summed E-state index contributed by atoms with van der Waals surface area (Å²) < 4.78 is 7.50. The Balaban J connectivity index is 0.941. The number of anilines is 1. The number of carboxylic acids is 1. The minimum Gasteiger partial charge on any atom is -0.481 e. The van der Waals surface area contributed by atoms with Gasteiger partial charge in [0.25, 0.3) is 5.91 Å². The third kappa shape index (κ3) is 7.26. The zero-order valence-electron chi connectivity index (χ0n) is 31.6. The van der Waals surface area contributed by atoms with Crippen LogP contribution in [0.15, 0.2) is 42.6 Å². The van der Waals surface area contributed by atoms with Gasteiger partial charge in [0, 0.05) is 75.0 Å². The molecule has 3 fully saturated rings. The van der Waals surface area contributed by atoms with Crippen molar-refractivity contribution in [3.63, 3.8) is 0 Å². The van der Waals surface area contributed by atoms with Crippen molar-refractivity contribution in [2.24, 2.45) is 17.9 Å². The normalized spacial score (nSPS) is 22.9. The highest BCUT2D eigenvalue weighted by molar-refractivity contribution is 6.39. The molecule has 2 aliphatic heterocycles. The second kappa shape index (κ2) is 15.4. The lowest BCUT2D eigenvalue weighted by Crippen LogP contribution is -2.35. The van der Waals surface area contributed by atoms with Gasteiger partial charge in [-0.25, -0.2) is 9.97 Å². The van der Waals surface area contributed by atoms with E-state index >= 15 is 0 Å². The fourth-order valence-corrected chi connectivity index (χ4v) is 9.82. The number of hydrogen-bond donors (Lipinski definition) is 4. The van der Waals surface area contributed by atoms with Gasteiger partial charge in [0.15, 0.2) is 5.82 Å². The van der Waals surface area contributed by atoms with Gasteiger partial charge in [-0.1, -0.05) is 41.4 Å². The van der Waals surface area contributed by atoms with E-state index in [-0.39, 0.29) is 28.3 Å². The first-order valence-corrected chi connectivity index (χ1v) is 20.0. The Hall–Kier alpha value is -4.56. The highest BCUT2D eigenvalue weighted by Crippen LogP contribution is 2.63. The van der Waals surface area contributed by atoms with Crippen LogP contribution in [0, 0.1) is 10.8 Å². The number of benzene rings is 1. The molecule has 8 rings (SSSR count). The molecule has 3 aromatic heterocycles. The molecule has 1 saturated heterocycles. The molecular weight excluding hydrogens is 755 g/mol. The van der Waals surface area contributed by atoms with E-state index in [0.29, 0.717) is 71.0 Å². The van der Waals surface area contributed by atoms with Gasteiger partial charge in [-0.15, -0.1) is 0 Å². The van der Waals surface area contributed by atoms with Crippen molar-refractivity contribution in [3.05, 3.63) is 75.4 Å². The first-order chi connectivity index (χ1) is 27.0. The van der Waals surface area contributed by atoms with Crippen molar-refractivity contribution in [2.75, 3.05) is 32.1 Å². The number of ether oxygens (including phenoxy) is 1. The lowest BCUT2D eigenvalue weighted by Gasteiger charge is -2.32. The molecular formula is C41H46Cl2N8O5. The van der Waals surface area contributed by atoms with Gasteiger partial charge in [0.05, 0.1) is 51.0 Å². The molecule has 15 heteroatoms. The van der Waals surface area contributed by atoms with E-state index in [1.807, 2.05) is 23.7 Å². The largest absolute Gasteiger partial charge is 0.481 e. The number of hydrogen-bond acceptors (Lipinski definition) is 9. The maximum Gasteiger partial charge on any atom is 0.309 e. The number of halogens is 2. The number of carboxylic acid groups (broad SMARTS) is 1. The Kier molecular flexibility index (Phi) is 10.5. The van der Waals surface area contributed by atoms with Crippen molar-refractivity contribution in [2.45, 2.75) is 76.9 Å². The van der Waals surface area contributed by atoms with Crippen LogP contribution >= 0.6 is 23.2 Å². The Morgan fingerprint density at radius 3 is 2.61 bits per heavy atom. The van der Waals surface area contributed by atoms with Gasteiger partial charge >= 0.3 is 5.97 Å². The number of carbonyl (C=O) groups is 3. The summed E-state index contributed by atoms with van der Waals surface area (Å²) in [6.07, 6.45) is 9.12. The summed E-state index contributed by atoms with van der Waals surface area (Å²) in [5, 5.41) is 19.8. The molecule has 294 valence electrons. The lowest BCUT2D eigenvalue weighted by molar-refractivity contribution is -0.148. The highest BCUT2D eigenvalue weighted by atomic mass is 35.5. The molecule has 0 radical (unpaired) electrons. The molecule has 1 atom stereocenters. The summed E-state index contributed by atoms with van der Waals surface area (Å²) in [6.45, 7) is 3.60. The van der Waals surface area contributed by atoms with Gasteiger partial charge in [0.1, 0.15) is 0 Å². The standard InChI is InChI=1S/C41H46Cl2N8O5/c1-50-31-22-51(19-16-40-12-14-41(23-40,15-13-40)39(54)55)18-11-29(31)47-36(50)37(53)48-30-5-3-4-27(33(30)42)35-34(43)26(10-17-45-35)28-8-6-24(38(49-28)56-2)20-44-21-25-7-9-32(52)46-25/h3-6,8,10,17,25,44H,7,9,11-16,18-23H2,1-2H3,(H,46,52)(H,48,53)(H,54,55). The third-order valence-corrected chi connectivity index (χ3v) is 13.3. The average Bonchev–Trinajstić information content (AvgIpc) is 3.98. The number of nitrogens with zero attached hydrogens (tertiary/aromatic N) is 5. The van der Waals surface area contributed by atoms with Gasteiger partial charge in [-0.05, 0) is 75.1 Å². The van der Waals surface area contributed by atoms with Crippen LogP contribution in [-0.4, -0.2) is 80.1 Å². The Morgan fingerprint density at radius 1 is 1.05 bits per heavy atom. The molecule has 2 aliphatic carbocycles. The van der Waals surface area contributed by atoms with E-state index < -0.39 is 11.4 Å². The number of aliphatic carboxylic acids is 1. The van der Waals surface area contributed by atoms with Gasteiger partial charge in [-0.2, -0.15) is 0 Å². The van der Waals surface area contributed by atoms with Crippen LogP contribution in [0.1, 0.15) is 78.9 Å². The number of carbonyl (C=O) groups excluding carboxylic acids is 2. The maximum atomic E-state index is 13.7. The van der Waals surface area contributed by atoms with Crippen LogP contribution in [0.25, 0.3) is 22.5 Å². The van der Waals surface area contributed by atoms with Crippen molar-refractivity contribution < 1.29 is 24.2 Å². The second-order valence-electron chi connectivity index (χ2n) is 15.9. The number of fused-ring (bicyclic) bond motifs is 3. The quantitative estimate of drug-likeness (QED) is 0.121. The van der Waals surface area contributed by atoms with Crippen LogP contribution in [-0.2, 0) is 36.1 Å². The zero-order valence-corrected chi connectivity index (χ0v) is 33.1. The summed E-state index contributed by atoms with van der Waals surface area (Å²) >= 11 is 14.0. The molecule has 13 nitrogen and oxygen atoms in total. The number of amides is 2. The van der Waals surface area contributed by atoms with Crippen LogP contribution in [0.2, 0.25) is 10.0 Å². The number of imidazole rings is 1. The summed E-state index contributed by atoms with van der Waals surface area (Å²) in [6, 6.07) is 11.0. The highest BCUT2D eigenvalue weighted by Gasteiger charge is 2.57. The number of nitrogens with one attached hydrogen (secondary N) is 3. The van der Waals surface area contributed by atoms with Crippen molar-refractivity contribution in [1.82, 2.24) is 35.1 Å². The summed E-state index contributed by atoms with van der Waals surface area (Å²) in [5.74, 6) is -0.160. The minimum atomic E-state index is -0.627. The fourth-order valence-electron chi connectivity index (χ4n) is 9.25. The van der Waals surface area contributed by atoms with Crippen molar-refractivity contribution in [3.8, 4) is 28.4 Å². The lowest BCUT2D eigenvalue weighted by atomic mass is 9.80.